The highest BCUT2D eigenvalue weighted by atomic mass is 28.3. The molecule has 1 heterocycles. The zero-order valence-corrected chi connectivity index (χ0v) is 14.5. The first-order valence-electron chi connectivity index (χ1n) is 8.08. The standard InChI is InChI=1S/C20H24OSi/c1-21-19-12-9-17(10-13-19)11-14-20(22(2)15-6-16-22)18-7-4-3-5-8-18/h3-5,7-14,20H,6,15-16H2,1-2H3/b14-11+/t20-/m0/s1. The van der Waals surface area contributed by atoms with Crippen molar-refractivity contribution < 1.29 is 4.74 Å². The van der Waals surface area contributed by atoms with Crippen molar-refractivity contribution >= 4 is 14.1 Å². The van der Waals surface area contributed by atoms with E-state index in [0.29, 0.717) is 5.54 Å². The van der Waals surface area contributed by atoms with Crippen LogP contribution in [0, 0.1) is 0 Å². The van der Waals surface area contributed by atoms with E-state index in [1.54, 1.807) is 7.11 Å². The van der Waals surface area contributed by atoms with E-state index in [1.165, 1.54) is 29.6 Å². The highest BCUT2D eigenvalue weighted by Crippen LogP contribution is 2.44. The largest absolute Gasteiger partial charge is 0.497 e. The van der Waals surface area contributed by atoms with Gasteiger partial charge in [-0.15, -0.1) is 0 Å². The summed E-state index contributed by atoms with van der Waals surface area (Å²) in [5, 5.41) is 0. The van der Waals surface area contributed by atoms with Gasteiger partial charge in [0.1, 0.15) is 5.75 Å². The van der Waals surface area contributed by atoms with Crippen LogP contribution in [0.3, 0.4) is 0 Å². The molecule has 0 radical (unpaired) electrons. The van der Waals surface area contributed by atoms with Crippen LogP contribution in [0.25, 0.3) is 6.08 Å². The van der Waals surface area contributed by atoms with Crippen LogP contribution in [-0.4, -0.2) is 15.2 Å². The van der Waals surface area contributed by atoms with Gasteiger partial charge in [0, 0.05) is 0 Å². The van der Waals surface area contributed by atoms with E-state index < -0.39 is 8.07 Å². The third-order valence-electron chi connectivity index (χ3n) is 5.00. The molecule has 0 aromatic heterocycles. The van der Waals surface area contributed by atoms with Gasteiger partial charge in [0.2, 0.25) is 0 Å². The zero-order valence-electron chi connectivity index (χ0n) is 13.5. The molecule has 0 saturated carbocycles. The fraction of sp³-hybridized carbons (Fsp3) is 0.300. The average molecular weight is 308 g/mol. The van der Waals surface area contributed by atoms with Crippen molar-refractivity contribution in [2.24, 2.45) is 0 Å². The number of hydrogen-bond acceptors (Lipinski definition) is 1. The van der Waals surface area contributed by atoms with Gasteiger partial charge in [-0.1, -0.05) is 79.7 Å². The van der Waals surface area contributed by atoms with E-state index in [1.807, 2.05) is 12.1 Å². The SMILES string of the molecule is COc1ccc(/C=C/[C@@H](c2ccccc2)[Si]2(C)CCC2)cc1. The highest BCUT2D eigenvalue weighted by Gasteiger charge is 2.41. The molecule has 0 N–H and O–H groups in total. The number of allylic oxidation sites excluding steroid dienone is 1. The summed E-state index contributed by atoms with van der Waals surface area (Å²) in [6, 6.07) is 22.3. The molecule has 0 bridgehead atoms. The summed E-state index contributed by atoms with van der Waals surface area (Å²) in [6.07, 6.45) is 6.15. The van der Waals surface area contributed by atoms with Gasteiger partial charge in [-0.3, -0.25) is 0 Å². The lowest BCUT2D eigenvalue weighted by Crippen LogP contribution is -2.44. The van der Waals surface area contributed by atoms with Crippen LogP contribution in [-0.2, 0) is 0 Å². The second kappa shape index (κ2) is 6.53. The molecule has 0 aliphatic carbocycles. The fourth-order valence-electron chi connectivity index (χ4n) is 3.37. The van der Waals surface area contributed by atoms with Gasteiger partial charge >= 0.3 is 0 Å². The Morgan fingerprint density at radius 2 is 1.68 bits per heavy atom. The third-order valence-corrected chi connectivity index (χ3v) is 10.0. The molecule has 1 nitrogen and oxygen atoms in total. The predicted molar refractivity (Wildman–Crippen MR) is 97.1 cm³/mol. The van der Waals surface area contributed by atoms with Crippen LogP contribution in [0.1, 0.15) is 23.1 Å². The normalized spacial score (nSPS) is 17.9. The first-order chi connectivity index (χ1) is 10.7. The van der Waals surface area contributed by atoms with E-state index in [0.717, 1.165) is 5.75 Å². The van der Waals surface area contributed by atoms with E-state index in [2.05, 4.69) is 61.2 Å². The van der Waals surface area contributed by atoms with Crippen LogP contribution < -0.4 is 4.74 Å². The number of hydrogen-bond donors (Lipinski definition) is 0. The molecule has 0 spiro atoms. The molecule has 2 aromatic rings. The lowest BCUT2D eigenvalue weighted by Gasteiger charge is -2.42. The molecule has 0 amide bonds. The Labute approximate surface area is 134 Å². The van der Waals surface area contributed by atoms with E-state index in [4.69, 9.17) is 4.74 Å². The summed E-state index contributed by atoms with van der Waals surface area (Å²) >= 11 is 0. The van der Waals surface area contributed by atoms with Gasteiger partial charge in [-0.2, -0.15) is 0 Å². The van der Waals surface area contributed by atoms with Crippen molar-refractivity contribution in [1.29, 1.82) is 0 Å². The Bertz CT molecular complexity index is 627. The lowest BCUT2D eigenvalue weighted by molar-refractivity contribution is 0.415. The fourth-order valence-corrected chi connectivity index (χ4v) is 7.02. The monoisotopic (exact) mass is 308 g/mol. The molecule has 0 unspecified atom stereocenters. The van der Waals surface area contributed by atoms with Gasteiger partial charge in [-0.25, -0.2) is 0 Å². The molecule has 114 valence electrons. The van der Waals surface area contributed by atoms with Gasteiger partial charge in [-0.05, 0) is 28.8 Å². The molecule has 22 heavy (non-hydrogen) atoms. The second-order valence-electron chi connectivity index (χ2n) is 6.53. The Hall–Kier alpha value is -1.80. The summed E-state index contributed by atoms with van der Waals surface area (Å²) in [4.78, 5) is 0. The number of benzene rings is 2. The topological polar surface area (TPSA) is 9.23 Å². The molecule has 1 saturated heterocycles. The predicted octanol–water partition coefficient (Wildman–Crippen LogP) is 5.51. The third kappa shape index (κ3) is 3.17. The van der Waals surface area contributed by atoms with Crippen molar-refractivity contribution in [2.45, 2.75) is 30.6 Å². The number of methoxy groups -OCH3 is 1. The maximum atomic E-state index is 5.23. The summed E-state index contributed by atoms with van der Waals surface area (Å²) in [5.41, 5.74) is 3.37. The van der Waals surface area contributed by atoms with Gasteiger partial charge < -0.3 is 4.74 Å². The maximum absolute atomic E-state index is 5.23. The summed E-state index contributed by atoms with van der Waals surface area (Å²) in [6.45, 7) is 2.56. The molecular weight excluding hydrogens is 284 g/mol. The van der Waals surface area contributed by atoms with Crippen molar-refractivity contribution in [2.75, 3.05) is 7.11 Å². The summed E-state index contributed by atoms with van der Waals surface area (Å²) in [5.74, 6) is 0.914. The Morgan fingerprint density at radius 1 is 1.00 bits per heavy atom. The number of ether oxygens (including phenoxy) is 1. The Balaban J connectivity index is 1.84. The highest BCUT2D eigenvalue weighted by molar-refractivity contribution is 6.82. The van der Waals surface area contributed by atoms with E-state index >= 15 is 0 Å². The van der Waals surface area contributed by atoms with Gasteiger partial charge in [0.15, 0.2) is 0 Å². The molecule has 1 aliphatic rings. The first-order valence-corrected chi connectivity index (χ1v) is 11.1. The molecular formula is C20H24OSi. The average Bonchev–Trinajstić information content (AvgIpc) is 2.55. The van der Waals surface area contributed by atoms with Crippen LogP contribution in [0.2, 0.25) is 18.6 Å². The maximum Gasteiger partial charge on any atom is 0.118 e. The number of rotatable bonds is 5. The van der Waals surface area contributed by atoms with Gasteiger partial charge in [0.25, 0.3) is 0 Å². The van der Waals surface area contributed by atoms with Gasteiger partial charge in [0.05, 0.1) is 15.2 Å². The quantitative estimate of drug-likeness (QED) is 0.661. The minimum absolute atomic E-state index is 0.629. The van der Waals surface area contributed by atoms with Crippen LogP contribution >= 0.6 is 0 Å². The molecule has 3 rings (SSSR count). The second-order valence-corrected chi connectivity index (χ2v) is 11.5. The Morgan fingerprint density at radius 3 is 2.23 bits per heavy atom. The lowest BCUT2D eigenvalue weighted by atomic mass is 10.1. The van der Waals surface area contributed by atoms with Crippen LogP contribution in [0.15, 0.2) is 60.7 Å². The van der Waals surface area contributed by atoms with Crippen molar-refractivity contribution in [1.82, 2.24) is 0 Å². The minimum atomic E-state index is -1.15. The smallest absolute Gasteiger partial charge is 0.118 e. The minimum Gasteiger partial charge on any atom is -0.497 e. The summed E-state index contributed by atoms with van der Waals surface area (Å²) < 4.78 is 5.23. The zero-order chi connectivity index (χ0) is 15.4. The molecule has 1 atom stereocenters. The first kappa shape index (κ1) is 15.1. The van der Waals surface area contributed by atoms with Crippen LogP contribution in [0.4, 0.5) is 0 Å². The molecule has 1 aliphatic heterocycles. The Kier molecular flexibility index (Phi) is 4.48. The molecule has 1 fully saturated rings. The van der Waals surface area contributed by atoms with E-state index in [-0.39, 0.29) is 0 Å². The van der Waals surface area contributed by atoms with E-state index in [9.17, 15) is 0 Å². The van der Waals surface area contributed by atoms with Crippen molar-refractivity contribution in [3.05, 3.63) is 71.8 Å². The molecule has 2 heteroatoms. The summed E-state index contributed by atoms with van der Waals surface area (Å²) in [7, 11) is 0.558. The van der Waals surface area contributed by atoms with Crippen molar-refractivity contribution in [3.63, 3.8) is 0 Å². The molecule has 2 aromatic carbocycles. The van der Waals surface area contributed by atoms with Crippen molar-refractivity contribution in [3.8, 4) is 5.75 Å². The van der Waals surface area contributed by atoms with Crippen LogP contribution in [0.5, 0.6) is 5.75 Å².